The van der Waals surface area contributed by atoms with Crippen LogP contribution in [0.15, 0.2) is 120 Å². The first-order valence-electron chi connectivity index (χ1n) is 12.4. The summed E-state index contributed by atoms with van der Waals surface area (Å²) in [6.07, 6.45) is 6.22. The zero-order valence-electron chi connectivity index (χ0n) is 21.6. The summed E-state index contributed by atoms with van der Waals surface area (Å²) in [4.78, 5) is 0. The van der Waals surface area contributed by atoms with Gasteiger partial charge in [-0.1, -0.05) is 42.3 Å². The zero-order valence-corrected chi connectivity index (χ0v) is 24.1. The molecule has 0 N–H and O–H groups in total. The van der Waals surface area contributed by atoms with Crippen LogP contribution in [0.4, 0.5) is 0 Å². The summed E-state index contributed by atoms with van der Waals surface area (Å²) in [6, 6.07) is 36.7. The first-order chi connectivity index (χ1) is 17.4. The van der Waals surface area contributed by atoms with Crippen LogP contribution in [0.2, 0.25) is 0 Å². The van der Waals surface area contributed by atoms with Crippen molar-refractivity contribution in [3.05, 3.63) is 149 Å². The standard InChI is InChI=1S/C15H13.C13H10.C7H9.Zr/c1-10-3-5-14-12(7-10)9-13-8-11(2)4-6-15(13)14;1-3-7-12(8-4-1)11-13-9-5-2-6-10-13;1-6-4-3-5-7(6)2;/h3-9H,1-2H3;1-10H;4H,5H2,1-2H3;/q-1;;-1;+2. The molecule has 0 fully saturated rings. The fraction of sp³-hybridized carbons (Fsp3) is 0.143. The molecule has 0 nitrogen and oxygen atoms in total. The second-order valence-corrected chi connectivity index (χ2v) is 10.7. The Balaban J connectivity index is 0.000000135. The van der Waals surface area contributed by atoms with Gasteiger partial charge in [-0.2, -0.15) is 5.57 Å². The Hall–Kier alpha value is -3.02. The predicted molar refractivity (Wildman–Crippen MR) is 153 cm³/mol. The summed E-state index contributed by atoms with van der Waals surface area (Å²) in [5.74, 6) is 0. The monoisotopic (exact) mass is 542 g/mol. The summed E-state index contributed by atoms with van der Waals surface area (Å²) < 4.78 is 1.42. The van der Waals surface area contributed by atoms with E-state index in [0.29, 0.717) is 0 Å². The summed E-state index contributed by atoms with van der Waals surface area (Å²) in [5, 5.41) is 5.46. The maximum absolute atomic E-state index is 3.12. The molecule has 0 heterocycles. The number of rotatable bonds is 2. The predicted octanol–water partition coefficient (Wildman–Crippen LogP) is 9.22. The van der Waals surface area contributed by atoms with Crippen LogP contribution in [0, 0.1) is 19.9 Å². The fourth-order valence-electron chi connectivity index (χ4n) is 4.26. The molecule has 0 radical (unpaired) electrons. The quantitative estimate of drug-likeness (QED) is 0.195. The minimum atomic E-state index is 1.05. The Kier molecular flexibility index (Phi) is 8.90. The van der Waals surface area contributed by atoms with Gasteiger partial charge >= 0.3 is 99.2 Å². The molecule has 0 aliphatic heterocycles. The van der Waals surface area contributed by atoms with Crippen molar-refractivity contribution in [1.82, 2.24) is 0 Å². The van der Waals surface area contributed by atoms with Crippen LogP contribution in [0.3, 0.4) is 0 Å². The van der Waals surface area contributed by atoms with E-state index in [1.54, 1.807) is 0 Å². The van der Waals surface area contributed by atoms with Crippen LogP contribution in [0.25, 0.3) is 21.5 Å². The SMILES string of the molecule is CC1=C(C)C[C-]=C1.Cc1ccc2c(c1)[cH-]c1cc(C)ccc12.[Zr+2]=[C](c1ccccc1)c1ccccc1. The molecular weight excluding hydrogens is 512 g/mol. The molecule has 36 heavy (non-hydrogen) atoms. The van der Waals surface area contributed by atoms with Gasteiger partial charge < -0.3 is 0 Å². The number of hydrogen-bond acceptors (Lipinski definition) is 0. The van der Waals surface area contributed by atoms with E-state index in [9.17, 15) is 0 Å². The molecule has 6 rings (SSSR count). The first kappa shape index (κ1) is 26.1. The van der Waals surface area contributed by atoms with Gasteiger partial charge in [0.05, 0.1) is 0 Å². The van der Waals surface area contributed by atoms with E-state index in [4.69, 9.17) is 0 Å². The Morgan fingerprint density at radius 2 is 1.14 bits per heavy atom. The molecule has 0 bridgehead atoms. The van der Waals surface area contributed by atoms with Crippen LogP contribution in [-0.4, -0.2) is 3.21 Å². The Morgan fingerprint density at radius 3 is 1.50 bits per heavy atom. The second-order valence-electron chi connectivity index (χ2n) is 9.42. The molecule has 176 valence electrons. The van der Waals surface area contributed by atoms with E-state index in [2.05, 4.69) is 143 Å². The third-order valence-corrected chi connectivity index (χ3v) is 7.92. The van der Waals surface area contributed by atoms with E-state index in [0.717, 1.165) is 6.42 Å². The van der Waals surface area contributed by atoms with E-state index in [1.165, 1.54) is 82.4 Å². The molecule has 0 amide bonds. The molecule has 0 spiro atoms. The first-order valence-corrected chi connectivity index (χ1v) is 13.6. The molecule has 0 aromatic heterocycles. The van der Waals surface area contributed by atoms with Gasteiger partial charge in [0.2, 0.25) is 0 Å². The van der Waals surface area contributed by atoms with Crippen molar-refractivity contribution < 1.29 is 24.2 Å². The number of hydrogen-bond donors (Lipinski definition) is 0. The van der Waals surface area contributed by atoms with E-state index >= 15 is 0 Å². The van der Waals surface area contributed by atoms with Crippen LogP contribution in [0.1, 0.15) is 42.5 Å². The third-order valence-electron chi connectivity index (χ3n) is 6.50. The second kappa shape index (κ2) is 12.3. The topological polar surface area (TPSA) is 0 Å². The summed E-state index contributed by atoms with van der Waals surface area (Å²) in [6.45, 7) is 8.55. The van der Waals surface area contributed by atoms with Crippen molar-refractivity contribution in [2.24, 2.45) is 0 Å². The molecule has 1 aliphatic rings. The normalized spacial score (nSPS) is 12.3. The minimum absolute atomic E-state index is 1.05. The zero-order chi connectivity index (χ0) is 25.5. The van der Waals surface area contributed by atoms with Crippen LogP contribution in [-0.2, 0) is 24.2 Å². The molecule has 0 unspecified atom stereocenters. The van der Waals surface area contributed by atoms with E-state index < -0.39 is 0 Å². The van der Waals surface area contributed by atoms with E-state index in [-0.39, 0.29) is 0 Å². The number of allylic oxidation sites excluding steroid dienone is 4. The molecule has 1 heteroatoms. The van der Waals surface area contributed by atoms with Gasteiger partial charge in [0, 0.05) is 0 Å². The fourth-order valence-corrected chi connectivity index (χ4v) is 5.08. The van der Waals surface area contributed by atoms with Crippen LogP contribution < -0.4 is 0 Å². The van der Waals surface area contributed by atoms with Crippen LogP contribution in [0.5, 0.6) is 0 Å². The number of fused-ring (bicyclic) bond motifs is 3. The molecular formula is C35H32Zr. The van der Waals surface area contributed by atoms with Crippen molar-refractivity contribution in [2.75, 3.05) is 0 Å². The third kappa shape index (κ3) is 6.60. The van der Waals surface area contributed by atoms with Crippen molar-refractivity contribution in [1.29, 1.82) is 0 Å². The Labute approximate surface area is 230 Å². The number of benzene rings is 4. The Bertz CT molecular complexity index is 1430. The van der Waals surface area contributed by atoms with E-state index in [1.807, 2.05) is 0 Å². The molecule has 5 aromatic rings. The maximum atomic E-state index is 3.12. The van der Waals surface area contributed by atoms with Crippen LogP contribution >= 0.6 is 0 Å². The molecule has 0 saturated carbocycles. The van der Waals surface area contributed by atoms with Crippen molar-refractivity contribution >= 4 is 24.8 Å². The van der Waals surface area contributed by atoms with Crippen molar-refractivity contribution in [3.63, 3.8) is 0 Å². The van der Waals surface area contributed by atoms with Crippen molar-refractivity contribution in [2.45, 2.75) is 34.1 Å². The molecule has 5 aromatic carbocycles. The van der Waals surface area contributed by atoms with Gasteiger partial charge in [-0.05, 0) is 13.8 Å². The molecule has 1 aliphatic carbocycles. The average Bonchev–Trinajstić information content (AvgIpc) is 3.45. The summed E-state index contributed by atoms with van der Waals surface area (Å²) in [5.41, 5.74) is 8.16. The van der Waals surface area contributed by atoms with Gasteiger partial charge in [0.1, 0.15) is 0 Å². The van der Waals surface area contributed by atoms with Gasteiger partial charge in [-0.15, -0.1) is 53.1 Å². The van der Waals surface area contributed by atoms with Gasteiger partial charge in [0.25, 0.3) is 0 Å². The molecule has 0 atom stereocenters. The van der Waals surface area contributed by atoms with Gasteiger partial charge in [0.15, 0.2) is 0 Å². The van der Waals surface area contributed by atoms with Gasteiger partial charge in [-0.3, -0.25) is 6.08 Å². The van der Waals surface area contributed by atoms with Gasteiger partial charge in [-0.25, -0.2) is 11.6 Å². The average molecular weight is 544 g/mol. The summed E-state index contributed by atoms with van der Waals surface area (Å²) in [7, 11) is 0. The Morgan fingerprint density at radius 1 is 0.667 bits per heavy atom. The summed E-state index contributed by atoms with van der Waals surface area (Å²) >= 11 is 1.46. The van der Waals surface area contributed by atoms with Crippen molar-refractivity contribution in [3.8, 4) is 0 Å². The molecule has 0 saturated heterocycles. The number of aryl methyl sites for hydroxylation is 2.